The summed E-state index contributed by atoms with van der Waals surface area (Å²) in [4.78, 5) is 24.2. The molecular formula is C20H19BrFNO4. The van der Waals surface area contributed by atoms with Gasteiger partial charge in [0.15, 0.2) is 6.10 Å². The Bertz CT molecular complexity index is 882. The number of halogens is 2. The van der Waals surface area contributed by atoms with Crippen molar-refractivity contribution < 1.29 is 23.5 Å². The van der Waals surface area contributed by atoms with Crippen LogP contribution in [0.15, 0.2) is 46.9 Å². The zero-order chi connectivity index (χ0) is 20.0. The monoisotopic (exact) mass is 435 g/mol. The summed E-state index contributed by atoms with van der Waals surface area (Å²) in [5.41, 5.74) is 1.65. The summed E-state index contributed by atoms with van der Waals surface area (Å²) >= 11 is 3.23. The minimum absolute atomic E-state index is 0.225. The molecule has 0 radical (unpaired) electrons. The molecule has 5 nitrogen and oxygen atoms in total. The van der Waals surface area contributed by atoms with E-state index >= 15 is 0 Å². The van der Waals surface area contributed by atoms with E-state index in [1.54, 1.807) is 18.2 Å². The van der Waals surface area contributed by atoms with Crippen molar-refractivity contribution in [2.45, 2.75) is 20.0 Å². The van der Waals surface area contributed by atoms with Crippen LogP contribution in [0.1, 0.15) is 18.1 Å². The molecule has 0 aromatic heterocycles. The number of carbonyl (C=O) groups excluding carboxylic acids is 2. The largest absolute Gasteiger partial charge is 0.495 e. The van der Waals surface area contributed by atoms with Gasteiger partial charge in [0.1, 0.15) is 11.6 Å². The fourth-order valence-corrected chi connectivity index (χ4v) is 2.60. The number of carbonyl (C=O) groups is 2. The molecule has 27 heavy (non-hydrogen) atoms. The van der Waals surface area contributed by atoms with Crippen molar-refractivity contribution in [1.82, 2.24) is 0 Å². The Balaban J connectivity index is 1.99. The molecule has 0 heterocycles. The number of anilines is 1. The van der Waals surface area contributed by atoms with Gasteiger partial charge >= 0.3 is 5.97 Å². The quantitative estimate of drug-likeness (QED) is 0.536. The molecule has 0 aliphatic rings. The summed E-state index contributed by atoms with van der Waals surface area (Å²) in [5, 5.41) is 2.67. The van der Waals surface area contributed by atoms with Gasteiger partial charge in [0, 0.05) is 16.1 Å². The summed E-state index contributed by atoms with van der Waals surface area (Å²) in [6.07, 6.45) is 1.32. The lowest BCUT2D eigenvalue weighted by Gasteiger charge is -2.15. The number of benzene rings is 2. The van der Waals surface area contributed by atoms with Crippen LogP contribution < -0.4 is 10.1 Å². The standard InChI is InChI=1S/C20H19BrFNO4/c1-12-4-8-18(26-3)17(10-12)23-20(25)13(2)27-19(24)9-5-14-11-15(21)6-7-16(14)22/h4-11,13H,1-3H3,(H,23,25)/b9-5+. The molecule has 2 aromatic rings. The first-order valence-corrected chi connectivity index (χ1v) is 8.88. The predicted octanol–water partition coefficient (Wildman–Crippen LogP) is 4.49. The second kappa shape index (κ2) is 9.32. The molecule has 1 amide bonds. The summed E-state index contributed by atoms with van der Waals surface area (Å²) in [6, 6.07) is 9.69. The molecule has 7 heteroatoms. The fraction of sp³-hybridized carbons (Fsp3) is 0.200. The molecule has 1 unspecified atom stereocenters. The third-order valence-electron chi connectivity index (χ3n) is 3.63. The van der Waals surface area contributed by atoms with E-state index in [9.17, 15) is 14.0 Å². The number of ether oxygens (including phenoxy) is 2. The van der Waals surface area contributed by atoms with Crippen molar-refractivity contribution in [2.24, 2.45) is 0 Å². The van der Waals surface area contributed by atoms with Crippen molar-refractivity contribution in [2.75, 3.05) is 12.4 Å². The summed E-state index contributed by atoms with van der Waals surface area (Å²) in [5.74, 6) is -1.24. The molecule has 1 atom stereocenters. The lowest BCUT2D eigenvalue weighted by atomic mass is 10.2. The Morgan fingerprint density at radius 1 is 1.22 bits per heavy atom. The summed E-state index contributed by atoms with van der Waals surface area (Å²) in [7, 11) is 1.50. The maximum Gasteiger partial charge on any atom is 0.331 e. The average Bonchev–Trinajstić information content (AvgIpc) is 2.62. The normalized spacial score (nSPS) is 11.9. The molecular weight excluding hydrogens is 417 g/mol. The molecule has 0 aliphatic carbocycles. The highest BCUT2D eigenvalue weighted by Gasteiger charge is 2.18. The van der Waals surface area contributed by atoms with E-state index in [4.69, 9.17) is 9.47 Å². The zero-order valence-corrected chi connectivity index (χ0v) is 16.7. The molecule has 0 bridgehead atoms. The first-order valence-electron chi connectivity index (χ1n) is 8.09. The van der Waals surface area contributed by atoms with Crippen molar-refractivity contribution >= 4 is 39.6 Å². The topological polar surface area (TPSA) is 64.6 Å². The zero-order valence-electron chi connectivity index (χ0n) is 15.1. The van der Waals surface area contributed by atoms with E-state index in [2.05, 4.69) is 21.2 Å². The van der Waals surface area contributed by atoms with Crippen LogP contribution in [-0.4, -0.2) is 25.1 Å². The Morgan fingerprint density at radius 3 is 2.67 bits per heavy atom. The van der Waals surface area contributed by atoms with Gasteiger partial charge < -0.3 is 14.8 Å². The Kier molecular flexibility index (Phi) is 7.12. The first-order chi connectivity index (χ1) is 12.8. The summed E-state index contributed by atoms with van der Waals surface area (Å²) in [6.45, 7) is 3.33. The van der Waals surface area contributed by atoms with E-state index in [1.807, 2.05) is 13.0 Å². The molecule has 0 saturated carbocycles. The Morgan fingerprint density at radius 2 is 1.96 bits per heavy atom. The van der Waals surface area contributed by atoms with Crippen molar-refractivity contribution in [3.8, 4) is 5.75 Å². The highest BCUT2D eigenvalue weighted by molar-refractivity contribution is 9.10. The molecule has 0 spiro atoms. The average molecular weight is 436 g/mol. The highest BCUT2D eigenvalue weighted by atomic mass is 79.9. The third kappa shape index (κ3) is 5.92. The number of esters is 1. The van der Waals surface area contributed by atoms with Gasteiger partial charge in [0.05, 0.1) is 12.8 Å². The van der Waals surface area contributed by atoms with Crippen LogP contribution in [0.5, 0.6) is 5.75 Å². The minimum atomic E-state index is -1.04. The van der Waals surface area contributed by atoms with E-state index in [1.165, 1.54) is 32.2 Å². The van der Waals surface area contributed by atoms with Crippen LogP contribution in [-0.2, 0) is 14.3 Å². The second-order valence-corrected chi connectivity index (χ2v) is 6.69. The Hall–Kier alpha value is -2.67. The van der Waals surface area contributed by atoms with Gasteiger partial charge in [-0.2, -0.15) is 0 Å². The SMILES string of the molecule is COc1ccc(C)cc1NC(=O)C(C)OC(=O)/C=C/c1cc(Br)ccc1F. The van der Waals surface area contributed by atoms with Crippen LogP contribution in [0.4, 0.5) is 10.1 Å². The lowest BCUT2D eigenvalue weighted by Crippen LogP contribution is -2.29. The van der Waals surface area contributed by atoms with Crippen molar-refractivity contribution in [3.63, 3.8) is 0 Å². The maximum atomic E-state index is 13.7. The van der Waals surface area contributed by atoms with Crippen LogP contribution in [0.25, 0.3) is 6.08 Å². The number of methoxy groups -OCH3 is 1. The minimum Gasteiger partial charge on any atom is -0.495 e. The molecule has 0 saturated heterocycles. The first kappa shape index (κ1) is 20.6. The summed E-state index contributed by atoms with van der Waals surface area (Å²) < 4.78 is 24.6. The second-order valence-electron chi connectivity index (χ2n) is 5.77. The molecule has 0 fully saturated rings. The van der Waals surface area contributed by atoms with Crippen molar-refractivity contribution in [1.29, 1.82) is 0 Å². The molecule has 0 aliphatic heterocycles. The number of nitrogens with one attached hydrogen (secondary N) is 1. The lowest BCUT2D eigenvalue weighted by molar-refractivity contribution is -0.148. The maximum absolute atomic E-state index is 13.7. The number of aryl methyl sites for hydroxylation is 1. The van der Waals surface area contributed by atoms with E-state index < -0.39 is 23.8 Å². The van der Waals surface area contributed by atoms with Gasteiger partial charge in [0.2, 0.25) is 0 Å². The van der Waals surface area contributed by atoms with E-state index in [0.717, 1.165) is 11.6 Å². The molecule has 2 rings (SSSR count). The number of hydrogen-bond donors (Lipinski definition) is 1. The van der Waals surface area contributed by atoms with Crippen LogP contribution in [0.2, 0.25) is 0 Å². The third-order valence-corrected chi connectivity index (χ3v) is 4.13. The van der Waals surface area contributed by atoms with Crippen molar-refractivity contribution in [3.05, 3.63) is 63.9 Å². The van der Waals surface area contributed by atoms with Gasteiger partial charge in [-0.05, 0) is 55.8 Å². The van der Waals surface area contributed by atoms with Gasteiger partial charge in [-0.15, -0.1) is 0 Å². The smallest absolute Gasteiger partial charge is 0.331 e. The van der Waals surface area contributed by atoms with Gasteiger partial charge in [-0.1, -0.05) is 22.0 Å². The van der Waals surface area contributed by atoms with Gasteiger partial charge in [-0.25, -0.2) is 9.18 Å². The molecule has 142 valence electrons. The predicted molar refractivity (Wildman–Crippen MR) is 105 cm³/mol. The number of amides is 1. The van der Waals surface area contributed by atoms with E-state index in [-0.39, 0.29) is 5.56 Å². The number of hydrogen-bond acceptors (Lipinski definition) is 4. The van der Waals surface area contributed by atoms with Gasteiger partial charge in [0.25, 0.3) is 5.91 Å². The Labute approximate surface area is 165 Å². The molecule has 2 aromatic carbocycles. The van der Waals surface area contributed by atoms with Crippen LogP contribution >= 0.6 is 15.9 Å². The van der Waals surface area contributed by atoms with Gasteiger partial charge in [-0.3, -0.25) is 4.79 Å². The van der Waals surface area contributed by atoms with Crippen LogP contribution in [0.3, 0.4) is 0 Å². The fourth-order valence-electron chi connectivity index (χ4n) is 2.22. The number of rotatable bonds is 6. The van der Waals surface area contributed by atoms with Crippen LogP contribution in [0, 0.1) is 12.7 Å². The van der Waals surface area contributed by atoms with E-state index in [0.29, 0.717) is 15.9 Å². The highest BCUT2D eigenvalue weighted by Crippen LogP contribution is 2.25. The molecule has 1 N–H and O–H groups in total.